The molecule has 4 nitrogen and oxygen atoms in total. The summed E-state index contributed by atoms with van der Waals surface area (Å²) in [4.78, 5) is 18.7. The summed E-state index contributed by atoms with van der Waals surface area (Å²) in [7, 11) is 0. The van der Waals surface area contributed by atoms with E-state index < -0.39 is 0 Å². The van der Waals surface area contributed by atoms with Crippen LogP contribution < -0.4 is 5.56 Å². The maximum atomic E-state index is 11.7. The van der Waals surface area contributed by atoms with Gasteiger partial charge in [-0.1, -0.05) is 12.1 Å². The quantitative estimate of drug-likeness (QED) is 0.855. The zero-order valence-corrected chi connectivity index (χ0v) is 9.36. The summed E-state index contributed by atoms with van der Waals surface area (Å²) < 4.78 is 5.40. The van der Waals surface area contributed by atoms with Crippen LogP contribution in [0.2, 0.25) is 0 Å². The van der Waals surface area contributed by atoms with Crippen molar-refractivity contribution in [3.8, 4) is 0 Å². The zero-order chi connectivity index (χ0) is 11.5. The molecule has 0 bridgehead atoms. The Balaban J connectivity index is 2.38. The van der Waals surface area contributed by atoms with Gasteiger partial charge in [0.05, 0.1) is 17.0 Å². The predicted octanol–water partition coefficient (Wildman–Crippen LogP) is 1.85. The van der Waals surface area contributed by atoms with Gasteiger partial charge in [0.25, 0.3) is 5.56 Å². The molecule has 1 heterocycles. The van der Waals surface area contributed by atoms with Crippen molar-refractivity contribution in [1.29, 1.82) is 0 Å². The van der Waals surface area contributed by atoms with Gasteiger partial charge in [0.15, 0.2) is 0 Å². The number of aromatic amines is 1. The largest absolute Gasteiger partial charge is 0.371 e. The standard InChI is InChI=1S/C12H14N2O2/c1-8(2)16-7-11-13-10-6-4-3-5-9(10)12(15)14-11/h3-6,8H,7H2,1-2H3,(H,13,14,15). The highest BCUT2D eigenvalue weighted by molar-refractivity contribution is 5.77. The van der Waals surface area contributed by atoms with Crippen LogP contribution in [0.3, 0.4) is 0 Å². The summed E-state index contributed by atoms with van der Waals surface area (Å²) >= 11 is 0. The first-order valence-corrected chi connectivity index (χ1v) is 5.26. The Bertz CT molecular complexity index is 546. The van der Waals surface area contributed by atoms with Crippen LogP contribution in [0.4, 0.5) is 0 Å². The van der Waals surface area contributed by atoms with E-state index in [4.69, 9.17) is 4.74 Å². The van der Waals surface area contributed by atoms with Gasteiger partial charge in [-0.3, -0.25) is 4.79 Å². The molecule has 2 aromatic rings. The fourth-order valence-corrected chi connectivity index (χ4v) is 1.45. The van der Waals surface area contributed by atoms with E-state index >= 15 is 0 Å². The number of nitrogens with one attached hydrogen (secondary N) is 1. The number of aromatic nitrogens is 2. The molecule has 0 atom stereocenters. The van der Waals surface area contributed by atoms with E-state index in [0.717, 1.165) is 0 Å². The van der Waals surface area contributed by atoms with Gasteiger partial charge in [0.1, 0.15) is 12.4 Å². The highest BCUT2D eigenvalue weighted by atomic mass is 16.5. The second-order valence-electron chi connectivity index (χ2n) is 3.89. The lowest BCUT2D eigenvalue weighted by Gasteiger charge is -2.07. The molecule has 0 saturated carbocycles. The molecule has 0 unspecified atom stereocenters. The molecular weight excluding hydrogens is 204 g/mol. The van der Waals surface area contributed by atoms with Crippen LogP contribution in [0.25, 0.3) is 10.9 Å². The minimum Gasteiger partial charge on any atom is -0.371 e. The number of ether oxygens (including phenoxy) is 1. The Morgan fingerprint density at radius 3 is 2.88 bits per heavy atom. The molecular formula is C12H14N2O2. The second kappa shape index (κ2) is 4.45. The number of nitrogens with zero attached hydrogens (tertiary/aromatic N) is 1. The van der Waals surface area contributed by atoms with E-state index in [0.29, 0.717) is 23.3 Å². The van der Waals surface area contributed by atoms with Crippen molar-refractivity contribution in [1.82, 2.24) is 9.97 Å². The van der Waals surface area contributed by atoms with Crippen LogP contribution in [-0.4, -0.2) is 16.1 Å². The summed E-state index contributed by atoms with van der Waals surface area (Å²) in [5.74, 6) is 0.567. The number of para-hydroxylation sites is 1. The minimum absolute atomic E-state index is 0.118. The molecule has 1 aromatic carbocycles. The molecule has 0 spiro atoms. The molecule has 0 saturated heterocycles. The fraction of sp³-hybridized carbons (Fsp3) is 0.333. The third kappa shape index (κ3) is 2.28. The van der Waals surface area contributed by atoms with Crippen LogP contribution >= 0.6 is 0 Å². The van der Waals surface area contributed by atoms with E-state index in [1.165, 1.54) is 0 Å². The average molecular weight is 218 g/mol. The number of rotatable bonds is 3. The monoisotopic (exact) mass is 218 g/mol. The summed E-state index contributed by atoms with van der Waals surface area (Å²) in [5, 5.41) is 0.607. The average Bonchev–Trinajstić information content (AvgIpc) is 2.26. The third-order valence-electron chi connectivity index (χ3n) is 2.22. The number of H-pyrrole nitrogens is 1. The van der Waals surface area contributed by atoms with E-state index in [2.05, 4.69) is 9.97 Å². The van der Waals surface area contributed by atoms with Crippen molar-refractivity contribution in [3.05, 3.63) is 40.4 Å². The molecule has 4 heteroatoms. The normalized spacial score (nSPS) is 11.2. The molecule has 1 N–H and O–H groups in total. The molecule has 0 aliphatic carbocycles. The zero-order valence-electron chi connectivity index (χ0n) is 9.36. The van der Waals surface area contributed by atoms with Crippen molar-refractivity contribution < 1.29 is 4.74 Å². The van der Waals surface area contributed by atoms with Gasteiger partial charge < -0.3 is 9.72 Å². The first kappa shape index (κ1) is 10.8. The van der Waals surface area contributed by atoms with Gasteiger partial charge >= 0.3 is 0 Å². The van der Waals surface area contributed by atoms with Gasteiger partial charge in [-0.15, -0.1) is 0 Å². The lowest BCUT2D eigenvalue weighted by Crippen LogP contribution is -2.14. The van der Waals surface area contributed by atoms with Crippen molar-refractivity contribution in [2.24, 2.45) is 0 Å². The van der Waals surface area contributed by atoms with Crippen LogP contribution in [0.15, 0.2) is 29.1 Å². The minimum atomic E-state index is -0.118. The number of hydrogen-bond acceptors (Lipinski definition) is 3. The molecule has 2 rings (SSSR count). The van der Waals surface area contributed by atoms with Gasteiger partial charge in [0.2, 0.25) is 0 Å². The molecule has 0 amide bonds. The topological polar surface area (TPSA) is 55.0 Å². The van der Waals surface area contributed by atoms with Crippen LogP contribution in [0.5, 0.6) is 0 Å². The summed E-state index contributed by atoms with van der Waals surface area (Å²) in [6.07, 6.45) is 0.122. The maximum Gasteiger partial charge on any atom is 0.258 e. The van der Waals surface area contributed by atoms with Crippen molar-refractivity contribution >= 4 is 10.9 Å². The first-order chi connectivity index (χ1) is 7.66. The molecule has 1 aromatic heterocycles. The molecule has 84 valence electrons. The van der Waals surface area contributed by atoms with Crippen LogP contribution in [-0.2, 0) is 11.3 Å². The summed E-state index contributed by atoms with van der Waals surface area (Å²) in [5.41, 5.74) is 0.585. The first-order valence-electron chi connectivity index (χ1n) is 5.26. The van der Waals surface area contributed by atoms with Crippen LogP contribution in [0.1, 0.15) is 19.7 Å². The maximum absolute atomic E-state index is 11.7. The lowest BCUT2D eigenvalue weighted by molar-refractivity contribution is 0.0613. The van der Waals surface area contributed by atoms with Gasteiger partial charge in [-0.05, 0) is 26.0 Å². The number of hydrogen-bond donors (Lipinski definition) is 1. The van der Waals surface area contributed by atoms with E-state index in [9.17, 15) is 4.79 Å². The van der Waals surface area contributed by atoms with Crippen molar-refractivity contribution in [2.45, 2.75) is 26.6 Å². The Hall–Kier alpha value is -1.68. The Morgan fingerprint density at radius 2 is 2.12 bits per heavy atom. The predicted molar refractivity (Wildman–Crippen MR) is 62.3 cm³/mol. The number of benzene rings is 1. The van der Waals surface area contributed by atoms with E-state index in [-0.39, 0.29) is 11.7 Å². The summed E-state index contributed by atoms with van der Waals surface area (Å²) in [6, 6.07) is 7.27. The smallest absolute Gasteiger partial charge is 0.258 e. The highest BCUT2D eigenvalue weighted by Gasteiger charge is 2.03. The lowest BCUT2D eigenvalue weighted by atomic mass is 10.2. The van der Waals surface area contributed by atoms with Gasteiger partial charge in [0, 0.05) is 0 Å². The fourth-order valence-electron chi connectivity index (χ4n) is 1.45. The molecule has 16 heavy (non-hydrogen) atoms. The van der Waals surface area contributed by atoms with E-state index in [1.54, 1.807) is 6.07 Å². The SMILES string of the molecule is CC(C)OCc1nc2ccccc2c(=O)[nH]1. The summed E-state index contributed by atoms with van der Waals surface area (Å²) in [6.45, 7) is 4.22. The van der Waals surface area contributed by atoms with E-state index in [1.807, 2.05) is 32.0 Å². The number of fused-ring (bicyclic) bond motifs is 1. The molecule has 0 radical (unpaired) electrons. The van der Waals surface area contributed by atoms with Crippen molar-refractivity contribution in [3.63, 3.8) is 0 Å². The van der Waals surface area contributed by atoms with Gasteiger partial charge in [-0.25, -0.2) is 4.98 Å². The molecule has 0 fully saturated rings. The third-order valence-corrected chi connectivity index (χ3v) is 2.22. The highest BCUT2D eigenvalue weighted by Crippen LogP contribution is 2.06. The molecule has 0 aliphatic rings. The van der Waals surface area contributed by atoms with Gasteiger partial charge in [-0.2, -0.15) is 0 Å². The Labute approximate surface area is 93.3 Å². The molecule has 0 aliphatic heterocycles. The Morgan fingerprint density at radius 1 is 1.38 bits per heavy atom. The Kier molecular flexibility index (Phi) is 3.01. The second-order valence-corrected chi connectivity index (χ2v) is 3.89. The van der Waals surface area contributed by atoms with Crippen LogP contribution in [0, 0.1) is 0 Å². The van der Waals surface area contributed by atoms with Crippen molar-refractivity contribution in [2.75, 3.05) is 0 Å².